The minimum absolute atomic E-state index is 0.0350. The molecule has 0 radical (unpaired) electrons. The molecule has 1 saturated carbocycles. The van der Waals surface area contributed by atoms with E-state index >= 15 is 0 Å². The predicted molar refractivity (Wildman–Crippen MR) is 174 cm³/mol. The van der Waals surface area contributed by atoms with E-state index in [-0.39, 0.29) is 55.6 Å². The molecule has 256 valence electrons. The highest BCUT2D eigenvalue weighted by atomic mass is 16.6. The largest absolute Gasteiger partial charge is 0.463 e. The summed E-state index contributed by atoms with van der Waals surface area (Å²) in [5.41, 5.74) is 0. The number of ketones is 1. The number of esters is 2. The number of carbonyl (C=O) groups is 3. The summed E-state index contributed by atoms with van der Waals surface area (Å²) < 4.78 is 10.2. The lowest BCUT2D eigenvalue weighted by atomic mass is 9.88. The molecule has 3 N–H and O–H groups in total. The first-order chi connectivity index (χ1) is 21.1. The summed E-state index contributed by atoms with van der Waals surface area (Å²) in [5.74, 6) is -0.380. The van der Waals surface area contributed by atoms with Crippen molar-refractivity contribution in [2.75, 3.05) is 13.2 Å². The molecule has 44 heavy (non-hydrogen) atoms. The van der Waals surface area contributed by atoms with Gasteiger partial charge in [0, 0.05) is 25.2 Å². The summed E-state index contributed by atoms with van der Waals surface area (Å²) in [4.78, 5) is 36.3. The van der Waals surface area contributed by atoms with E-state index in [1.54, 1.807) is 12.2 Å². The van der Waals surface area contributed by atoms with Gasteiger partial charge in [0.15, 0.2) is 0 Å². The van der Waals surface area contributed by atoms with Gasteiger partial charge in [-0.2, -0.15) is 0 Å². The highest BCUT2D eigenvalue weighted by molar-refractivity contribution is 5.86. The van der Waals surface area contributed by atoms with Gasteiger partial charge in [0.2, 0.25) is 0 Å². The van der Waals surface area contributed by atoms with Crippen LogP contribution in [-0.4, -0.2) is 64.6 Å². The van der Waals surface area contributed by atoms with E-state index in [0.717, 1.165) is 70.1 Å². The molecule has 0 bridgehead atoms. The van der Waals surface area contributed by atoms with Crippen LogP contribution in [0, 0.1) is 17.8 Å². The minimum Gasteiger partial charge on any atom is -0.463 e. The van der Waals surface area contributed by atoms with E-state index < -0.39 is 18.3 Å². The average Bonchev–Trinajstić information content (AvgIpc) is 3.25. The smallest absolute Gasteiger partial charge is 0.305 e. The normalized spacial score (nSPS) is 20.0. The van der Waals surface area contributed by atoms with Crippen LogP contribution in [0.4, 0.5) is 0 Å². The number of rotatable bonds is 27. The summed E-state index contributed by atoms with van der Waals surface area (Å²) in [7, 11) is 0. The van der Waals surface area contributed by atoms with E-state index in [4.69, 9.17) is 9.47 Å². The second kappa shape index (κ2) is 25.4. The molecule has 0 heterocycles. The fourth-order valence-electron chi connectivity index (χ4n) is 5.82. The third kappa shape index (κ3) is 20.3. The molecule has 1 fully saturated rings. The second-order valence-electron chi connectivity index (χ2n) is 13.3. The number of unbranched alkanes of at least 4 members (excludes halogenated alkanes) is 11. The first kappa shape index (κ1) is 40.3. The Morgan fingerprint density at radius 3 is 1.89 bits per heavy atom. The Balaban J connectivity index is 2.08. The number of ether oxygens (including phenoxy) is 2. The van der Waals surface area contributed by atoms with Crippen LogP contribution in [0.5, 0.6) is 0 Å². The Morgan fingerprint density at radius 1 is 0.795 bits per heavy atom. The Morgan fingerprint density at radius 2 is 1.32 bits per heavy atom. The maximum Gasteiger partial charge on any atom is 0.305 e. The zero-order chi connectivity index (χ0) is 32.6. The number of Topliss-reactive ketones (excluding diaryl/α,β-unsaturated/α-hetero) is 1. The molecule has 0 aromatic rings. The van der Waals surface area contributed by atoms with E-state index in [0.29, 0.717) is 19.3 Å². The van der Waals surface area contributed by atoms with Crippen LogP contribution in [-0.2, 0) is 23.9 Å². The fraction of sp³-hybridized carbons (Fsp3) is 0.861. The van der Waals surface area contributed by atoms with Crippen molar-refractivity contribution in [2.24, 2.45) is 17.8 Å². The Bertz CT molecular complexity index is 795. The van der Waals surface area contributed by atoms with Crippen molar-refractivity contribution < 1.29 is 39.2 Å². The van der Waals surface area contributed by atoms with Gasteiger partial charge in [-0.25, -0.2) is 0 Å². The van der Waals surface area contributed by atoms with Crippen LogP contribution in [0.3, 0.4) is 0 Å². The lowest BCUT2D eigenvalue weighted by Gasteiger charge is -2.19. The zero-order valence-electron chi connectivity index (χ0n) is 28.1. The van der Waals surface area contributed by atoms with Gasteiger partial charge in [0.25, 0.3) is 0 Å². The van der Waals surface area contributed by atoms with Crippen molar-refractivity contribution in [1.82, 2.24) is 0 Å². The predicted octanol–water partition coefficient (Wildman–Crippen LogP) is 7.00. The van der Waals surface area contributed by atoms with E-state index in [2.05, 4.69) is 20.8 Å². The third-order valence-electron chi connectivity index (χ3n) is 8.59. The lowest BCUT2D eigenvalue weighted by Crippen LogP contribution is -2.25. The van der Waals surface area contributed by atoms with Gasteiger partial charge in [0.05, 0.1) is 12.2 Å². The fourth-order valence-corrected chi connectivity index (χ4v) is 5.82. The van der Waals surface area contributed by atoms with Crippen LogP contribution in [0.15, 0.2) is 12.2 Å². The first-order valence-electron chi connectivity index (χ1n) is 17.7. The van der Waals surface area contributed by atoms with Gasteiger partial charge in [-0.1, -0.05) is 116 Å². The van der Waals surface area contributed by atoms with E-state index in [1.165, 1.54) is 32.1 Å². The maximum atomic E-state index is 12.4. The quantitative estimate of drug-likeness (QED) is 0.0506. The molecule has 0 aromatic heterocycles. The van der Waals surface area contributed by atoms with Gasteiger partial charge in [-0.3, -0.25) is 14.4 Å². The maximum absolute atomic E-state index is 12.4. The molecule has 0 unspecified atom stereocenters. The number of allylic oxidation sites excluding steroid dienone is 1. The van der Waals surface area contributed by atoms with Gasteiger partial charge < -0.3 is 24.8 Å². The molecule has 8 heteroatoms. The zero-order valence-corrected chi connectivity index (χ0v) is 28.1. The van der Waals surface area contributed by atoms with E-state index in [9.17, 15) is 29.7 Å². The molecule has 0 spiro atoms. The van der Waals surface area contributed by atoms with Crippen molar-refractivity contribution in [3.05, 3.63) is 12.2 Å². The highest BCUT2D eigenvalue weighted by Gasteiger charge is 2.39. The molecule has 1 aliphatic rings. The molecular formula is C36H64O8. The summed E-state index contributed by atoms with van der Waals surface area (Å²) in [6.45, 7) is 6.26. The van der Waals surface area contributed by atoms with Crippen molar-refractivity contribution >= 4 is 17.7 Å². The standard InChI is InChI=1S/C36H64O8/c1-4-5-13-19-29(37)23-24-32-31(33(39)25-34(32)40)20-15-11-12-17-22-36(42)44-27-30(38)26-43-35(41)21-16-10-8-6-7-9-14-18-28(2)3/h23-24,28-33,37-39H,4-22,25-27H2,1-3H3/b24-23+/t29-,30-,31+,32+,33-/m0/s1. The van der Waals surface area contributed by atoms with Gasteiger partial charge in [-0.15, -0.1) is 0 Å². The highest BCUT2D eigenvalue weighted by Crippen LogP contribution is 2.34. The number of aliphatic hydroxyl groups excluding tert-OH is 3. The summed E-state index contributed by atoms with van der Waals surface area (Å²) in [6.07, 6.45) is 19.0. The van der Waals surface area contributed by atoms with Crippen LogP contribution in [0.1, 0.15) is 149 Å². The molecule has 5 atom stereocenters. The number of hydrogen-bond acceptors (Lipinski definition) is 8. The molecule has 0 aromatic carbocycles. The van der Waals surface area contributed by atoms with Crippen LogP contribution in [0.2, 0.25) is 0 Å². The lowest BCUT2D eigenvalue weighted by molar-refractivity contribution is -0.152. The Hall–Kier alpha value is -1.77. The molecule has 8 nitrogen and oxygen atoms in total. The van der Waals surface area contributed by atoms with Crippen LogP contribution in [0.25, 0.3) is 0 Å². The molecule has 1 aliphatic carbocycles. The molecular weight excluding hydrogens is 560 g/mol. The van der Waals surface area contributed by atoms with Crippen molar-refractivity contribution in [1.29, 1.82) is 0 Å². The van der Waals surface area contributed by atoms with Crippen molar-refractivity contribution in [3.63, 3.8) is 0 Å². The summed E-state index contributed by atoms with van der Waals surface area (Å²) >= 11 is 0. The van der Waals surface area contributed by atoms with Crippen molar-refractivity contribution in [3.8, 4) is 0 Å². The van der Waals surface area contributed by atoms with Gasteiger partial charge in [-0.05, 0) is 37.5 Å². The summed E-state index contributed by atoms with van der Waals surface area (Å²) in [5, 5.41) is 30.5. The topological polar surface area (TPSA) is 130 Å². The Kier molecular flexibility index (Phi) is 23.3. The van der Waals surface area contributed by atoms with Gasteiger partial charge in [0.1, 0.15) is 25.1 Å². The number of hydrogen-bond donors (Lipinski definition) is 3. The average molecular weight is 625 g/mol. The van der Waals surface area contributed by atoms with Crippen LogP contribution < -0.4 is 0 Å². The Labute approximate surface area is 267 Å². The second-order valence-corrected chi connectivity index (χ2v) is 13.3. The number of aliphatic hydroxyl groups is 3. The van der Waals surface area contributed by atoms with Crippen molar-refractivity contribution in [2.45, 2.75) is 167 Å². The number of carbonyl (C=O) groups excluding carboxylic acids is 3. The molecule has 1 rings (SSSR count). The first-order valence-corrected chi connectivity index (χ1v) is 17.7. The molecule has 0 aliphatic heterocycles. The minimum atomic E-state index is -1.03. The van der Waals surface area contributed by atoms with E-state index in [1.807, 2.05) is 0 Å². The summed E-state index contributed by atoms with van der Waals surface area (Å²) in [6, 6.07) is 0. The van der Waals surface area contributed by atoms with Crippen LogP contribution >= 0.6 is 0 Å². The monoisotopic (exact) mass is 624 g/mol. The van der Waals surface area contributed by atoms with Gasteiger partial charge >= 0.3 is 11.9 Å². The molecule has 0 saturated heterocycles. The molecule has 0 amide bonds. The SMILES string of the molecule is CCCCC[C@H](O)/C=C/[C@H]1C(=O)C[C@H](O)[C@@H]1CCCCCCC(=O)OC[C@@H](O)COC(=O)CCCCCCCCCC(C)C. The third-order valence-corrected chi connectivity index (χ3v) is 8.59.